The van der Waals surface area contributed by atoms with E-state index in [-0.39, 0.29) is 5.97 Å². The molecule has 2 aromatic rings. The van der Waals surface area contributed by atoms with E-state index in [1.54, 1.807) is 32.0 Å². The molecule has 1 aromatic heterocycles. The summed E-state index contributed by atoms with van der Waals surface area (Å²) in [6.07, 6.45) is 0. The number of rotatable bonds is 1. The van der Waals surface area contributed by atoms with Crippen molar-refractivity contribution in [3.63, 3.8) is 0 Å². The van der Waals surface area contributed by atoms with Crippen LogP contribution in [0.3, 0.4) is 0 Å². The lowest BCUT2D eigenvalue weighted by Gasteiger charge is -2.12. The zero-order chi connectivity index (χ0) is 12.6. The number of aromatic nitrogens is 1. The van der Waals surface area contributed by atoms with Crippen LogP contribution in [0.5, 0.6) is 5.75 Å². The van der Waals surface area contributed by atoms with Crippen LogP contribution in [0.4, 0.5) is 0 Å². The number of nitrogens with zero attached hydrogens (tertiary/aromatic N) is 1. The minimum Gasteiger partial charge on any atom is -0.618 e. The number of pyridine rings is 1. The second-order valence-corrected chi connectivity index (χ2v) is 3.94. The molecule has 0 aliphatic carbocycles. The molecular weight excluding hydrogens is 218 g/mol. The van der Waals surface area contributed by atoms with Crippen molar-refractivity contribution in [1.82, 2.24) is 0 Å². The van der Waals surface area contributed by atoms with Gasteiger partial charge in [-0.3, -0.25) is 4.79 Å². The van der Waals surface area contributed by atoms with Crippen molar-refractivity contribution in [2.75, 3.05) is 0 Å². The minimum absolute atomic E-state index is 0.388. The largest absolute Gasteiger partial charge is 0.618 e. The number of esters is 1. The first-order valence-electron chi connectivity index (χ1n) is 5.32. The van der Waals surface area contributed by atoms with Gasteiger partial charge in [-0.05, 0) is 13.0 Å². The lowest BCUT2D eigenvalue weighted by Crippen LogP contribution is -2.32. The summed E-state index contributed by atoms with van der Waals surface area (Å²) in [6, 6.07) is 7.07. The number of hydrogen-bond acceptors (Lipinski definition) is 3. The molecule has 2 rings (SSSR count). The van der Waals surface area contributed by atoms with Crippen LogP contribution < -0.4 is 9.47 Å². The molecule has 4 heteroatoms. The minimum atomic E-state index is -0.388. The summed E-state index contributed by atoms with van der Waals surface area (Å²) in [6.45, 7) is 4.83. The Balaban J connectivity index is 2.85. The number of ether oxygens (including phenoxy) is 1. The zero-order valence-corrected chi connectivity index (χ0v) is 9.98. The number of fused-ring (bicyclic) bond motifs is 1. The second kappa shape index (κ2) is 4.05. The van der Waals surface area contributed by atoms with Crippen molar-refractivity contribution < 1.29 is 14.3 Å². The van der Waals surface area contributed by atoms with Crippen LogP contribution >= 0.6 is 0 Å². The first-order valence-corrected chi connectivity index (χ1v) is 5.32. The Morgan fingerprint density at radius 3 is 2.59 bits per heavy atom. The molecule has 1 heterocycles. The first kappa shape index (κ1) is 11.4. The smallest absolute Gasteiger partial charge is 0.308 e. The van der Waals surface area contributed by atoms with Crippen LogP contribution in [0.2, 0.25) is 0 Å². The van der Waals surface area contributed by atoms with Crippen molar-refractivity contribution in [2.45, 2.75) is 20.8 Å². The van der Waals surface area contributed by atoms with Gasteiger partial charge in [0.2, 0.25) is 5.52 Å². The number of hydrogen-bond donors (Lipinski definition) is 0. The second-order valence-electron chi connectivity index (χ2n) is 3.94. The van der Waals surface area contributed by atoms with E-state index in [0.29, 0.717) is 27.9 Å². The summed E-state index contributed by atoms with van der Waals surface area (Å²) >= 11 is 0. The van der Waals surface area contributed by atoms with Crippen molar-refractivity contribution in [3.8, 4) is 5.75 Å². The highest BCUT2D eigenvalue weighted by Gasteiger charge is 2.19. The standard InChI is InChI=1S/C13H13NO3/c1-8-9(2)14(16)12-7-5-4-6-11(12)13(8)17-10(3)15/h4-7H,1-3H3. The van der Waals surface area contributed by atoms with Gasteiger partial charge in [0.25, 0.3) is 0 Å². The topological polar surface area (TPSA) is 53.2 Å². The normalized spacial score (nSPS) is 10.5. The highest BCUT2D eigenvalue weighted by molar-refractivity contribution is 5.87. The molecule has 0 fully saturated rings. The van der Waals surface area contributed by atoms with Gasteiger partial charge in [-0.1, -0.05) is 12.1 Å². The summed E-state index contributed by atoms with van der Waals surface area (Å²) < 4.78 is 6.06. The van der Waals surface area contributed by atoms with E-state index in [0.717, 1.165) is 4.73 Å². The third-order valence-electron chi connectivity index (χ3n) is 2.80. The van der Waals surface area contributed by atoms with Crippen LogP contribution in [0.15, 0.2) is 24.3 Å². The molecule has 0 saturated carbocycles. The maximum absolute atomic E-state index is 12.0. The van der Waals surface area contributed by atoms with E-state index >= 15 is 0 Å². The highest BCUT2D eigenvalue weighted by atomic mass is 16.5. The molecule has 4 nitrogen and oxygen atoms in total. The quantitative estimate of drug-likeness (QED) is 0.428. The van der Waals surface area contributed by atoms with Gasteiger partial charge in [0.15, 0.2) is 11.4 Å². The molecule has 0 bridgehead atoms. The molecule has 0 saturated heterocycles. The highest BCUT2D eigenvalue weighted by Crippen LogP contribution is 2.28. The monoisotopic (exact) mass is 231 g/mol. The zero-order valence-electron chi connectivity index (χ0n) is 9.98. The van der Waals surface area contributed by atoms with Gasteiger partial charge >= 0.3 is 5.97 Å². The third kappa shape index (κ3) is 1.82. The van der Waals surface area contributed by atoms with Gasteiger partial charge in [0.1, 0.15) is 0 Å². The van der Waals surface area contributed by atoms with Crippen LogP contribution in [0.25, 0.3) is 10.9 Å². The molecule has 0 aliphatic rings. The average molecular weight is 231 g/mol. The van der Waals surface area contributed by atoms with Crippen LogP contribution in [0.1, 0.15) is 18.2 Å². The van der Waals surface area contributed by atoms with Gasteiger partial charge in [-0.25, -0.2) is 0 Å². The molecule has 1 aromatic carbocycles. The van der Waals surface area contributed by atoms with Crippen molar-refractivity contribution in [1.29, 1.82) is 0 Å². The Morgan fingerprint density at radius 2 is 1.94 bits per heavy atom. The summed E-state index contributed by atoms with van der Waals surface area (Å²) in [7, 11) is 0. The Labute approximate surface area is 99.0 Å². The van der Waals surface area contributed by atoms with E-state index in [4.69, 9.17) is 4.74 Å². The lowest BCUT2D eigenvalue weighted by molar-refractivity contribution is -0.584. The van der Waals surface area contributed by atoms with Gasteiger partial charge in [0.05, 0.1) is 10.9 Å². The molecule has 0 aliphatic heterocycles. The van der Waals surface area contributed by atoms with Crippen LogP contribution in [0, 0.1) is 19.1 Å². The fourth-order valence-corrected chi connectivity index (χ4v) is 1.82. The maximum Gasteiger partial charge on any atom is 0.308 e. The van der Waals surface area contributed by atoms with Crippen LogP contribution in [-0.2, 0) is 4.79 Å². The van der Waals surface area contributed by atoms with E-state index in [1.165, 1.54) is 6.92 Å². The van der Waals surface area contributed by atoms with Gasteiger partial charge in [0, 0.05) is 19.9 Å². The first-order chi connectivity index (χ1) is 8.02. The molecular formula is C13H13NO3. The van der Waals surface area contributed by atoms with Crippen LogP contribution in [-0.4, -0.2) is 5.97 Å². The predicted molar refractivity (Wildman–Crippen MR) is 63.7 cm³/mol. The third-order valence-corrected chi connectivity index (χ3v) is 2.80. The Bertz CT molecular complexity index is 605. The molecule has 0 radical (unpaired) electrons. The molecule has 17 heavy (non-hydrogen) atoms. The van der Waals surface area contributed by atoms with Crippen molar-refractivity contribution >= 4 is 16.9 Å². The van der Waals surface area contributed by atoms with Crippen molar-refractivity contribution in [2.24, 2.45) is 0 Å². The summed E-state index contributed by atoms with van der Waals surface area (Å²) in [5, 5.41) is 12.6. The summed E-state index contributed by atoms with van der Waals surface area (Å²) in [4.78, 5) is 11.1. The summed E-state index contributed by atoms with van der Waals surface area (Å²) in [5.41, 5.74) is 1.74. The van der Waals surface area contributed by atoms with E-state index in [2.05, 4.69) is 0 Å². The predicted octanol–water partition coefficient (Wildman–Crippen LogP) is 2.02. The molecule has 0 unspecified atom stereocenters. The molecule has 88 valence electrons. The molecule has 0 amide bonds. The van der Waals surface area contributed by atoms with E-state index in [1.807, 2.05) is 6.07 Å². The van der Waals surface area contributed by atoms with Gasteiger partial charge in [-0.2, -0.15) is 4.73 Å². The lowest BCUT2D eigenvalue weighted by atomic mass is 10.1. The van der Waals surface area contributed by atoms with E-state index < -0.39 is 0 Å². The van der Waals surface area contributed by atoms with Gasteiger partial charge in [-0.15, -0.1) is 0 Å². The SMILES string of the molecule is CC(=O)Oc1c(C)c(C)[n+]([O-])c2ccccc12. The molecule has 0 N–H and O–H groups in total. The van der Waals surface area contributed by atoms with E-state index in [9.17, 15) is 10.0 Å². The fourth-order valence-electron chi connectivity index (χ4n) is 1.82. The Hall–Kier alpha value is -2.10. The Morgan fingerprint density at radius 1 is 1.29 bits per heavy atom. The fraction of sp³-hybridized carbons (Fsp3) is 0.231. The summed E-state index contributed by atoms with van der Waals surface area (Å²) in [5.74, 6) is 0.0824. The number of carbonyl (C=O) groups excluding carboxylic acids is 1. The maximum atomic E-state index is 12.0. The number of benzene rings is 1. The average Bonchev–Trinajstić information content (AvgIpc) is 2.31. The van der Waals surface area contributed by atoms with Crippen molar-refractivity contribution in [3.05, 3.63) is 40.7 Å². The Kier molecular flexibility index (Phi) is 2.71. The molecule has 0 atom stereocenters. The number of para-hydroxylation sites is 1. The molecule has 0 spiro atoms. The van der Waals surface area contributed by atoms with Gasteiger partial charge < -0.3 is 9.94 Å². The number of carbonyl (C=O) groups is 1.